The minimum atomic E-state index is -0.238. The number of nitrogens with zero attached hydrogens (tertiary/aromatic N) is 1. The van der Waals surface area contributed by atoms with Crippen molar-refractivity contribution in [1.82, 2.24) is 9.88 Å². The summed E-state index contributed by atoms with van der Waals surface area (Å²) in [6.07, 6.45) is 0.195. The molecule has 0 aliphatic carbocycles. The van der Waals surface area contributed by atoms with Crippen molar-refractivity contribution in [3.8, 4) is 0 Å². The number of rotatable bonds is 5. The number of nitrogens with one attached hydrogen (secondary N) is 2. The average molecular weight is 444 g/mol. The lowest BCUT2D eigenvalue weighted by atomic mass is 9.95. The lowest BCUT2D eigenvalue weighted by Gasteiger charge is -2.26. The third kappa shape index (κ3) is 3.55. The third-order valence-electron chi connectivity index (χ3n) is 5.98. The van der Waals surface area contributed by atoms with Gasteiger partial charge in [0.15, 0.2) is 0 Å². The minimum absolute atomic E-state index is 0.0467. The van der Waals surface area contributed by atoms with Crippen LogP contribution < -0.4 is 5.32 Å². The number of carbonyl (C=O) groups excluding carboxylic acids is 2. The summed E-state index contributed by atoms with van der Waals surface area (Å²) < 4.78 is 0. The van der Waals surface area contributed by atoms with Gasteiger partial charge in [0.1, 0.15) is 0 Å². The third-order valence-corrected chi connectivity index (χ3v) is 6.23. The summed E-state index contributed by atoms with van der Waals surface area (Å²) in [6, 6.07) is 22.6. The van der Waals surface area contributed by atoms with E-state index in [4.69, 9.17) is 11.6 Å². The van der Waals surface area contributed by atoms with Gasteiger partial charge in [0.2, 0.25) is 5.91 Å². The van der Waals surface area contributed by atoms with Crippen molar-refractivity contribution in [1.29, 1.82) is 0 Å². The van der Waals surface area contributed by atoms with Crippen LogP contribution in [0.25, 0.3) is 10.9 Å². The van der Waals surface area contributed by atoms with Gasteiger partial charge < -0.3 is 15.2 Å². The number of anilines is 1. The summed E-state index contributed by atoms with van der Waals surface area (Å²) in [7, 11) is 0. The smallest absolute Gasteiger partial charge is 0.255 e. The van der Waals surface area contributed by atoms with Crippen LogP contribution >= 0.6 is 11.6 Å². The van der Waals surface area contributed by atoms with Crippen LogP contribution in [0.2, 0.25) is 5.02 Å². The second kappa shape index (κ2) is 8.17. The predicted molar refractivity (Wildman–Crippen MR) is 127 cm³/mol. The zero-order valence-electron chi connectivity index (χ0n) is 17.6. The first kappa shape index (κ1) is 20.3. The number of para-hydroxylation sites is 1. The maximum atomic E-state index is 13.3. The highest BCUT2D eigenvalue weighted by Crippen LogP contribution is 2.42. The number of halogens is 1. The van der Waals surface area contributed by atoms with Gasteiger partial charge in [-0.05, 0) is 48.9 Å². The van der Waals surface area contributed by atoms with E-state index in [1.165, 1.54) is 0 Å². The normalized spacial score (nSPS) is 15.2. The Kier molecular flexibility index (Phi) is 5.19. The van der Waals surface area contributed by atoms with E-state index in [9.17, 15) is 9.59 Å². The van der Waals surface area contributed by atoms with Gasteiger partial charge in [0.25, 0.3) is 5.91 Å². The number of amides is 2. The number of aromatic nitrogens is 1. The first-order chi connectivity index (χ1) is 15.5. The van der Waals surface area contributed by atoms with Crippen molar-refractivity contribution in [2.75, 3.05) is 11.9 Å². The fraction of sp³-hybridized carbons (Fsp3) is 0.154. The van der Waals surface area contributed by atoms with Gasteiger partial charge in [-0.2, -0.15) is 0 Å². The van der Waals surface area contributed by atoms with E-state index in [0.717, 1.165) is 27.7 Å². The van der Waals surface area contributed by atoms with E-state index >= 15 is 0 Å². The van der Waals surface area contributed by atoms with E-state index < -0.39 is 0 Å². The number of carbonyl (C=O) groups is 2. The SMILES string of the molecule is Cc1[nH]c2ccccc2c1C1c2ccccc2C(=O)N1CCC(=O)Nc1ccc(Cl)cc1. The highest BCUT2D eigenvalue weighted by molar-refractivity contribution is 6.30. The Morgan fingerprint density at radius 1 is 1.03 bits per heavy atom. The topological polar surface area (TPSA) is 65.2 Å². The van der Waals surface area contributed by atoms with Gasteiger partial charge in [0, 0.05) is 51.4 Å². The summed E-state index contributed by atoms with van der Waals surface area (Å²) in [5.41, 5.74) is 5.49. The zero-order valence-corrected chi connectivity index (χ0v) is 18.3. The van der Waals surface area contributed by atoms with Gasteiger partial charge in [-0.25, -0.2) is 0 Å². The Morgan fingerprint density at radius 3 is 2.56 bits per heavy atom. The van der Waals surface area contributed by atoms with E-state index in [-0.39, 0.29) is 24.3 Å². The average Bonchev–Trinajstić information content (AvgIpc) is 3.27. The van der Waals surface area contributed by atoms with Crippen molar-refractivity contribution in [3.05, 3.63) is 100 Å². The number of benzene rings is 3. The van der Waals surface area contributed by atoms with Crippen LogP contribution in [0.5, 0.6) is 0 Å². The molecule has 0 spiro atoms. The second-order valence-electron chi connectivity index (χ2n) is 8.00. The molecule has 1 atom stereocenters. The molecule has 2 amide bonds. The fourth-order valence-electron chi connectivity index (χ4n) is 4.54. The first-order valence-electron chi connectivity index (χ1n) is 10.6. The Balaban J connectivity index is 1.45. The van der Waals surface area contributed by atoms with Crippen LogP contribution in [0.4, 0.5) is 5.69 Å². The summed E-state index contributed by atoms with van der Waals surface area (Å²) in [6.45, 7) is 2.35. The van der Waals surface area contributed by atoms with Crippen LogP contribution in [0.3, 0.4) is 0 Å². The number of aryl methyl sites for hydroxylation is 1. The fourth-order valence-corrected chi connectivity index (χ4v) is 4.67. The summed E-state index contributed by atoms with van der Waals surface area (Å²) >= 11 is 5.92. The second-order valence-corrected chi connectivity index (χ2v) is 8.44. The van der Waals surface area contributed by atoms with Gasteiger partial charge in [-0.1, -0.05) is 48.0 Å². The standard InChI is InChI=1S/C26H22ClN3O2/c1-16-24(21-8-4-5-9-22(21)28-16)25-19-6-2-3-7-20(19)26(32)30(25)15-14-23(31)29-18-12-10-17(27)11-13-18/h2-13,25,28H,14-15H2,1H3,(H,29,31). The van der Waals surface area contributed by atoms with E-state index in [0.29, 0.717) is 22.8 Å². The van der Waals surface area contributed by atoms with Gasteiger partial charge in [0.05, 0.1) is 6.04 Å². The molecular formula is C26H22ClN3O2. The monoisotopic (exact) mass is 443 g/mol. The van der Waals surface area contributed by atoms with E-state index in [1.54, 1.807) is 24.3 Å². The predicted octanol–water partition coefficient (Wildman–Crippen LogP) is 5.70. The lowest BCUT2D eigenvalue weighted by Crippen LogP contribution is -2.32. The summed E-state index contributed by atoms with van der Waals surface area (Å²) in [5, 5.41) is 4.58. The number of H-pyrrole nitrogens is 1. The van der Waals surface area contributed by atoms with Crippen LogP contribution in [-0.2, 0) is 4.79 Å². The Labute approximate surface area is 191 Å². The van der Waals surface area contributed by atoms with Gasteiger partial charge in [-0.3, -0.25) is 9.59 Å². The largest absolute Gasteiger partial charge is 0.358 e. The molecule has 0 bridgehead atoms. The number of hydrogen-bond acceptors (Lipinski definition) is 2. The molecule has 4 aromatic rings. The molecule has 0 saturated heterocycles. The van der Waals surface area contributed by atoms with Crippen molar-refractivity contribution in [2.24, 2.45) is 0 Å². The molecule has 32 heavy (non-hydrogen) atoms. The molecule has 160 valence electrons. The Bertz CT molecular complexity index is 1330. The molecule has 5 rings (SSSR count). The Morgan fingerprint density at radius 2 is 1.75 bits per heavy atom. The molecule has 0 radical (unpaired) electrons. The maximum Gasteiger partial charge on any atom is 0.255 e. The molecule has 1 aliphatic rings. The summed E-state index contributed by atoms with van der Waals surface area (Å²) in [4.78, 5) is 31.2. The van der Waals surface area contributed by atoms with E-state index in [1.807, 2.05) is 54.3 Å². The number of aromatic amines is 1. The molecule has 2 N–H and O–H groups in total. The van der Waals surface area contributed by atoms with Crippen LogP contribution in [0.1, 0.15) is 39.6 Å². The number of hydrogen-bond donors (Lipinski definition) is 2. The molecule has 0 saturated carbocycles. The molecule has 1 aromatic heterocycles. The van der Waals surface area contributed by atoms with Gasteiger partial charge in [-0.15, -0.1) is 0 Å². The molecule has 5 nitrogen and oxygen atoms in total. The van der Waals surface area contributed by atoms with Crippen LogP contribution in [0, 0.1) is 6.92 Å². The van der Waals surface area contributed by atoms with Gasteiger partial charge >= 0.3 is 0 Å². The van der Waals surface area contributed by atoms with E-state index in [2.05, 4.69) is 16.4 Å². The van der Waals surface area contributed by atoms with Crippen molar-refractivity contribution in [3.63, 3.8) is 0 Å². The Hall–Kier alpha value is -3.57. The van der Waals surface area contributed by atoms with Crippen LogP contribution in [0.15, 0.2) is 72.8 Å². The molecule has 3 aromatic carbocycles. The zero-order chi connectivity index (χ0) is 22.2. The molecule has 2 heterocycles. The highest BCUT2D eigenvalue weighted by Gasteiger charge is 2.39. The molecule has 1 aliphatic heterocycles. The highest BCUT2D eigenvalue weighted by atomic mass is 35.5. The quantitative estimate of drug-likeness (QED) is 0.415. The molecular weight excluding hydrogens is 422 g/mol. The first-order valence-corrected chi connectivity index (χ1v) is 10.9. The minimum Gasteiger partial charge on any atom is -0.358 e. The van der Waals surface area contributed by atoms with Crippen molar-refractivity contribution in [2.45, 2.75) is 19.4 Å². The molecule has 0 fully saturated rings. The maximum absolute atomic E-state index is 13.3. The lowest BCUT2D eigenvalue weighted by molar-refractivity contribution is -0.116. The number of fused-ring (bicyclic) bond motifs is 2. The molecule has 1 unspecified atom stereocenters. The van der Waals surface area contributed by atoms with Crippen LogP contribution in [-0.4, -0.2) is 28.2 Å². The van der Waals surface area contributed by atoms with Crippen molar-refractivity contribution < 1.29 is 9.59 Å². The van der Waals surface area contributed by atoms with Crippen molar-refractivity contribution >= 4 is 40.0 Å². The molecule has 6 heteroatoms. The summed E-state index contributed by atoms with van der Waals surface area (Å²) in [5.74, 6) is -0.194.